The Morgan fingerprint density at radius 3 is 2.45 bits per heavy atom. The predicted octanol–water partition coefficient (Wildman–Crippen LogP) is -3.51. The molecule has 1 aliphatic heterocycles. The number of hydrogen-bond acceptors (Lipinski definition) is 14. The fraction of sp³-hybridized carbons (Fsp3) is 0.556. The number of phosphoric acid groups is 3. The summed E-state index contributed by atoms with van der Waals surface area (Å²) in [4.78, 5) is 54.5. The molecule has 0 bridgehead atoms. The third kappa shape index (κ3) is 6.73. The molecule has 7 atom stereocenters. The lowest BCUT2D eigenvalue weighted by molar-refractivity contribution is -0.236. The third-order valence-corrected chi connectivity index (χ3v) is 7.08. The van der Waals surface area contributed by atoms with Crippen molar-refractivity contribution in [1.82, 2.24) is 9.55 Å². The van der Waals surface area contributed by atoms with E-state index in [-0.39, 0.29) is 5.82 Å². The van der Waals surface area contributed by atoms with Crippen LogP contribution in [-0.4, -0.2) is 49.3 Å². The standard InChI is InChI=1S/C9H17N4O13P3/c10-5-1-2-13(9(15)12-5)8-6(11)7(14)4(24-8)3-23-28(19,20)26-29(21,22)25-27(16,17)18/h1-2,4,6-8,14H,3,11H2,(H,19,20)(H,21,22)(H2,10,12,15)(H2,16,17,18)/p-2/t4-,6-,7-,8-/m1/s1. The van der Waals surface area contributed by atoms with E-state index in [2.05, 4.69) is 18.1 Å². The zero-order chi connectivity index (χ0) is 22.2. The number of nitrogen functional groups attached to an aromatic ring is 1. The number of rotatable bonds is 8. The normalized spacial score (nSPS) is 31.0. The molecule has 1 saturated heterocycles. The van der Waals surface area contributed by atoms with Crippen LogP contribution in [0.3, 0.4) is 0 Å². The van der Waals surface area contributed by atoms with Gasteiger partial charge < -0.3 is 40.9 Å². The number of phosphoric ester groups is 1. The Kier molecular flexibility index (Phi) is 7.20. The molecule has 29 heavy (non-hydrogen) atoms. The van der Waals surface area contributed by atoms with E-state index < -0.39 is 60.2 Å². The Hall–Kier alpha value is -1.03. The van der Waals surface area contributed by atoms with E-state index in [0.29, 0.717) is 0 Å². The number of aromatic nitrogens is 2. The minimum absolute atomic E-state index is 0.0913. The molecule has 7 N–H and O–H groups in total. The number of aliphatic hydroxyl groups excluding tert-OH is 1. The zero-order valence-corrected chi connectivity index (χ0v) is 16.7. The molecule has 20 heteroatoms. The molecule has 0 spiro atoms. The molecular formula is C9H15N4O13P3-2. The highest BCUT2D eigenvalue weighted by molar-refractivity contribution is 7.65. The molecule has 0 amide bonds. The van der Waals surface area contributed by atoms with Crippen molar-refractivity contribution in [2.45, 2.75) is 24.5 Å². The van der Waals surface area contributed by atoms with Crippen LogP contribution in [0.25, 0.3) is 0 Å². The first kappa shape index (κ1) is 24.2. The van der Waals surface area contributed by atoms with E-state index in [9.17, 15) is 38.3 Å². The van der Waals surface area contributed by atoms with Gasteiger partial charge in [0.1, 0.15) is 18.0 Å². The minimum Gasteiger partial charge on any atom is -0.756 e. The summed E-state index contributed by atoms with van der Waals surface area (Å²) in [6, 6.07) is 0.00543. The van der Waals surface area contributed by atoms with Gasteiger partial charge in [0.25, 0.3) is 15.6 Å². The number of ether oxygens (including phenoxy) is 1. The Bertz CT molecular complexity index is 948. The van der Waals surface area contributed by atoms with Crippen molar-refractivity contribution >= 4 is 29.3 Å². The van der Waals surface area contributed by atoms with E-state index >= 15 is 0 Å². The lowest BCUT2D eigenvalue weighted by Crippen LogP contribution is -2.42. The maximum absolute atomic E-state index is 11.8. The van der Waals surface area contributed by atoms with Gasteiger partial charge in [-0.3, -0.25) is 18.2 Å². The van der Waals surface area contributed by atoms with Gasteiger partial charge in [-0.2, -0.15) is 4.98 Å². The van der Waals surface area contributed by atoms with Crippen LogP contribution in [0.2, 0.25) is 0 Å². The molecule has 1 aromatic heterocycles. The minimum atomic E-state index is -6.00. The molecule has 1 fully saturated rings. The maximum atomic E-state index is 11.8. The van der Waals surface area contributed by atoms with Crippen LogP contribution in [0.5, 0.6) is 0 Å². The van der Waals surface area contributed by atoms with Crippen molar-refractivity contribution in [3.05, 3.63) is 22.7 Å². The maximum Gasteiger partial charge on any atom is 0.478 e. The Balaban J connectivity index is 2.05. The van der Waals surface area contributed by atoms with Crippen LogP contribution in [0.4, 0.5) is 5.82 Å². The van der Waals surface area contributed by atoms with Crippen molar-refractivity contribution in [3.8, 4) is 0 Å². The largest absolute Gasteiger partial charge is 0.756 e. The van der Waals surface area contributed by atoms with Gasteiger partial charge in [0.2, 0.25) is 0 Å². The highest BCUT2D eigenvalue weighted by atomic mass is 31.3. The van der Waals surface area contributed by atoms with Crippen LogP contribution < -0.4 is 26.9 Å². The van der Waals surface area contributed by atoms with Crippen LogP contribution in [0.1, 0.15) is 6.23 Å². The molecule has 17 nitrogen and oxygen atoms in total. The molecule has 2 heterocycles. The van der Waals surface area contributed by atoms with E-state index in [4.69, 9.17) is 21.1 Å². The molecule has 0 aliphatic carbocycles. The van der Waals surface area contributed by atoms with Crippen LogP contribution >= 0.6 is 23.5 Å². The molecular weight excluding hydrogens is 465 g/mol. The van der Waals surface area contributed by atoms with Crippen molar-refractivity contribution in [1.29, 1.82) is 0 Å². The van der Waals surface area contributed by atoms with Crippen LogP contribution in [-0.2, 0) is 31.6 Å². The topological polar surface area (TPSA) is 282 Å². The number of nitrogens with zero attached hydrogens (tertiary/aromatic N) is 2. The SMILES string of the molecule is Nc1ccn([C@@H]2O[C@H](COP(=O)(O)OP(=O)([O-])OP(=O)([O-])O)[C@@H](O)[C@H]2N)c(=O)n1. The van der Waals surface area contributed by atoms with Crippen LogP contribution in [0.15, 0.2) is 17.1 Å². The van der Waals surface area contributed by atoms with Crippen molar-refractivity contribution in [2.24, 2.45) is 5.73 Å². The third-order valence-electron chi connectivity index (χ3n) is 3.35. The number of aliphatic hydroxyl groups is 1. The average Bonchev–Trinajstić information content (AvgIpc) is 2.78. The predicted molar refractivity (Wildman–Crippen MR) is 86.2 cm³/mol. The highest BCUT2D eigenvalue weighted by Gasteiger charge is 2.44. The van der Waals surface area contributed by atoms with Gasteiger partial charge in [0.05, 0.1) is 12.6 Å². The summed E-state index contributed by atoms with van der Waals surface area (Å²) >= 11 is 0. The van der Waals surface area contributed by atoms with Crippen molar-refractivity contribution < 1.29 is 56.3 Å². The van der Waals surface area contributed by atoms with Gasteiger partial charge in [0, 0.05) is 6.20 Å². The second-order valence-electron chi connectivity index (χ2n) is 5.52. The lowest BCUT2D eigenvalue weighted by atomic mass is 10.1. The van der Waals surface area contributed by atoms with Gasteiger partial charge in [-0.05, 0) is 6.07 Å². The van der Waals surface area contributed by atoms with Gasteiger partial charge in [-0.25, -0.2) is 18.0 Å². The molecule has 166 valence electrons. The molecule has 0 aromatic carbocycles. The monoisotopic (exact) mass is 480 g/mol. The first-order valence-corrected chi connectivity index (χ1v) is 11.7. The summed E-state index contributed by atoms with van der Waals surface area (Å²) in [5.41, 5.74) is 10.2. The Labute approximate surface area is 161 Å². The van der Waals surface area contributed by atoms with Crippen molar-refractivity contribution in [2.75, 3.05) is 12.3 Å². The van der Waals surface area contributed by atoms with E-state index in [1.165, 1.54) is 12.3 Å². The fourth-order valence-electron chi connectivity index (χ4n) is 2.23. The second-order valence-corrected chi connectivity index (χ2v) is 9.85. The summed E-state index contributed by atoms with van der Waals surface area (Å²) in [5.74, 6) is -0.0913. The summed E-state index contributed by atoms with van der Waals surface area (Å²) in [6.07, 6.45) is -3.11. The summed E-state index contributed by atoms with van der Waals surface area (Å²) < 4.78 is 50.4. The molecule has 3 unspecified atom stereocenters. The number of anilines is 1. The van der Waals surface area contributed by atoms with Crippen molar-refractivity contribution in [3.63, 3.8) is 0 Å². The molecule has 1 aliphatic rings. The lowest BCUT2D eigenvalue weighted by Gasteiger charge is -2.28. The summed E-state index contributed by atoms with van der Waals surface area (Å²) in [5, 5.41) is 10.1. The molecule has 0 radical (unpaired) electrons. The van der Waals surface area contributed by atoms with Gasteiger partial charge in [0.15, 0.2) is 6.23 Å². The second kappa shape index (κ2) is 8.61. The van der Waals surface area contributed by atoms with Gasteiger partial charge in [-0.1, -0.05) is 0 Å². The van der Waals surface area contributed by atoms with E-state index in [1.54, 1.807) is 0 Å². The molecule has 1 aromatic rings. The first-order valence-electron chi connectivity index (χ1n) is 7.29. The quantitative estimate of drug-likeness (QED) is 0.225. The first-order chi connectivity index (χ1) is 13.1. The van der Waals surface area contributed by atoms with E-state index in [0.717, 1.165) is 4.57 Å². The smallest absolute Gasteiger partial charge is 0.478 e. The Morgan fingerprint density at radius 1 is 1.28 bits per heavy atom. The highest BCUT2D eigenvalue weighted by Crippen LogP contribution is 2.63. The zero-order valence-electron chi connectivity index (χ0n) is 14.0. The molecule has 0 saturated carbocycles. The summed E-state index contributed by atoms with van der Waals surface area (Å²) in [6.45, 7) is -0.982. The van der Waals surface area contributed by atoms with E-state index in [1.807, 2.05) is 0 Å². The molecule has 2 rings (SSSR count). The summed E-state index contributed by atoms with van der Waals surface area (Å²) in [7, 11) is -17.4. The van der Waals surface area contributed by atoms with Gasteiger partial charge in [-0.15, -0.1) is 0 Å². The Morgan fingerprint density at radius 2 is 1.90 bits per heavy atom. The number of nitrogens with two attached hydrogens (primary N) is 2. The fourth-order valence-corrected chi connectivity index (χ4v) is 5.17. The average molecular weight is 480 g/mol. The van der Waals surface area contributed by atoms with Gasteiger partial charge >= 0.3 is 13.5 Å². The number of hydrogen-bond donors (Lipinski definition) is 5. The van der Waals surface area contributed by atoms with Crippen LogP contribution in [0, 0.1) is 0 Å².